The van der Waals surface area contributed by atoms with E-state index in [0.29, 0.717) is 17.8 Å². The lowest BCUT2D eigenvalue weighted by Crippen LogP contribution is -2.33. The van der Waals surface area contributed by atoms with E-state index in [2.05, 4.69) is 17.5 Å². The van der Waals surface area contributed by atoms with Gasteiger partial charge in [-0.15, -0.1) is 0 Å². The normalized spacial score (nSPS) is 33.2. The summed E-state index contributed by atoms with van der Waals surface area (Å²) in [6, 6.07) is 3.63. The second-order valence-electron chi connectivity index (χ2n) is 8.76. The number of hydrazone groups is 1. The van der Waals surface area contributed by atoms with Gasteiger partial charge in [-0.25, -0.2) is 0 Å². The Balaban J connectivity index is 1.57. The highest BCUT2D eigenvalue weighted by atomic mass is 16.6. The van der Waals surface area contributed by atoms with Crippen LogP contribution in [0.2, 0.25) is 0 Å². The minimum Gasteiger partial charge on any atom is -0.272 e. The van der Waals surface area contributed by atoms with Gasteiger partial charge in [0.15, 0.2) is 0 Å². The fraction of sp³-hybridized carbons (Fsp3) is 0.650. The zero-order valence-corrected chi connectivity index (χ0v) is 16.0. The highest BCUT2D eigenvalue weighted by Gasteiger charge is 2.45. The van der Waals surface area contributed by atoms with E-state index < -0.39 is 9.85 Å². The van der Waals surface area contributed by atoms with E-state index in [9.17, 15) is 20.2 Å². The van der Waals surface area contributed by atoms with Crippen molar-refractivity contribution in [2.75, 3.05) is 5.43 Å². The number of non-ortho nitro benzene ring substituents is 1. The van der Waals surface area contributed by atoms with Crippen LogP contribution in [0.25, 0.3) is 0 Å². The monoisotopic (exact) mass is 386 g/mol. The first-order valence-corrected chi connectivity index (χ1v) is 10.2. The molecule has 3 fully saturated rings. The van der Waals surface area contributed by atoms with Gasteiger partial charge in [-0.1, -0.05) is 13.3 Å². The van der Waals surface area contributed by atoms with Crippen LogP contribution in [0.1, 0.15) is 51.9 Å². The largest absolute Gasteiger partial charge is 0.301 e. The van der Waals surface area contributed by atoms with Gasteiger partial charge in [0.25, 0.3) is 5.69 Å². The summed E-state index contributed by atoms with van der Waals surface area (Å²) in [4.78, 5) is 21.0. The maximum Gasteiger partial charge on any atom is 0.301 e. The van der Waals surface area contributed by atoms with Crippen molar-refractivity contribution >= 4 is 22.8 Å². The number of rotatable bonds is 5. The molecule has 3 saturated carbocycles. The van der Waals surface area contributed by atoms with Crippen LogP contribution in [0.4, 0.5) is 17.1 Å². The Morgan fingerprint density at radius 2 is 1.89 bits per heavy atom. The van der Waals surface area contributed by atoms with Crippen LogP contribution in [-0.4, -0.2) is 15.6 Å². The Morgan fingerprint density at radius 3 is 2.54 bits per heavy atom. The summed E-state index contributed by atoms with van der Waals surface area (Å²) in [7, 11) is 0. The van der Waals surface area contributed by atoms with Crippen molar-refractivity contribution in [2.45, 2.75) is 51.9 Å². The predicted octanol–water partition coefficient (Wildman–Crippen LogP) is 5.14. The number of nitrogens with one attached hydrogen (secondary N) is 1. The van der Waals surface area contributed by atoms with Crippen molar-refractivity contribution in [3.8, 4) is 0 Å². The molecule has 150 valence electrons. The van der Waals surface area contributed by atoms with Crippen molar-refractivity contribution in [3.05, 3.63) is 38.4 Å². The molecule has 0 aromatic heterocycles. The standard InChI is InChI=1S/C20H26N4O4/c1-12-2-6-16(17-10-13-3-4-14(17)9-13)19(8-12)22-21-18-7-5-15(23(25)26)11-20(18)24(27)28/h5,7,11-14,16-17,21H,2-4,6,8-10H2,1H3/b22-19+. The minimum atomic E-state index is -0.628. The third-order valence-corrected chi connectivity index (χ3v) is 6.97. The summed E-state index contributed by atoms with van der Waals surface area (Å²) in [6.45, 7) is 2.22. The van der Waals surface area contributed by atoms with Crippen molar-refractivity contribution in [3.63, 3.8) is 0 Å². The Morgan fingerprint density at radius 1 is 1.07 bits per heavy atom. The van der Waals surface area contributed by atoms with Gasteiger partial charge in [0.2, 0.25) is 0 Å². The molecule has 0 amide bonds. The van der Waals surface area contributed by atoms with Crippen LogP contribution in [0, 0.1) is 49.8 Å². The summed E-state index contributed by atoms with van der Waals surface area (Å²) < 4.78 is 0. The highest BCUT2D eigenvalue weighted by Crippen LogP contribution is 2.53. The van der Waals surface area contributed by atoms with E-state index >= 15 is 0 Å². The maximum absolute atomic E-state index is 11.4. The Hall–Kier alpha value is -2.51. The molecule has 28 heavy (non-hydrogen) atoms. The molecule has 4 rings (SSSR count). The molecule has 1 N–H and O–H groups in total. The van der Waals surface area contributed by atoms with Crippen LogP contribution in [-0.2, 0) is 0 Å². The number of hydrogen-bond acceptors (Lipinski definition) is 6. The van der Waals surface area contributed by atoms with Gasteiger partial charge in [-0.2, -0.15) is 5.10 Å². The molecule has 2 bridgehead atoms. The van der Waals surface area contributed by atoms with Crippen molar-refractivity contribution < 1.29 is 9.85 Å². The van der Waals surface area contributed by atoms with E-state index in [1.165, 1.54) is 44.2 Å². The smallest absolute Gasteiger partial charge is 0.272 e. The molecule has 3 aliphatic rings. The SMILES string of the molecule is CC1CCC(C2CC3CCC2C3)/C(=N/Nc2ccc([N+](=O)[O-])cc2[N+](=O)[O-])C1. The molecule has 5 unspecified atom stereocenters. The number of anilines is 1. The van der Waals surface area contributed by atoms with E-state index in [0.717, 1.165) is 36.5 Å². The molecule has 1 aromatic carbocycles. The van der Waals surface area contributed by atoms with Gasteiger partial charge in [-0.3, -0.25) is 25.7 Å². The summed E-state index contributed by atoms with van der Waals surface area (Å²) >= 11 is 0. The Labute approximate surface area is 163 Å². The molecule has 1 aromatic rings. The first-order chi connectivity index (χ1) is 13.4. The third-order valence-electron chi connectivity index (χ3n) is 6.97. The lowest BCUT2D eigenvalue weighted by atomic mass is 9.70. The second kappa shape index (κ2) is 7.48. The number of benzene rings is 1. The average molecular weight is 386 g/mol. The fourth-order valence-electron chi connectivity index (χ4n) is 5.63. The molecular formula is C20H26N4O4. The maximum atomic E-state index is 11.4. The first kappa shape index (κ1) is 18.8. The topological polar surface area (TPSA) is 111 Å². The van der Waals surface area contributed by atoms with Crippen molar-refractivity contribution in [2.24, 2.45) is 34.7 Å². The zero-order chi connectivity index (χ0) is 19.8. The fourth-order valence-corrected chi connectivity index (χ4v) is 5.63. The van der Waals surface area contributed by atoms with Crippen LogP contribution in [0.15, 0.2) is 23.3 Å². The van der Waals surface area contributed by atoms with E-state index in [4.69, 9.17) is 0 Å². The van der Waals surface area contributed by atoms with E-state index in [1.807, 2.05) is 0 Å². The van der Waals surface area contributed by atoms with Crippen LogP contribution in [0.5, 0.6) is 0 Å². The lowest BCUT2D eigenvalue weighted by molar-refractivity contribution is -0.393. The number of nitro benzene ring substituents is 2. The molecule has 8 heteroatoms. The highest BCUT2D eigenvalue weighted by molar-refractivity contribution is 5.89. The molecule has 0 spiro atoms. The number of nitro groups is 2. The number of nitrogens with zero attached hydrogens (tertiary/aromatic N) is 3. The zero-order valence-electron chi connectivity index (χ0n) is 16.0. The summed E-state index contributed by atoms with van der Waals surface area (Å²) in [5, 5.41) is 26.9. The van der Waals surface area contributed by atoms with Gasteiger partial charge >= 0.3 is 5.69 Å². The minimum absolute atomic E-state index is 0.202. The molecular weight excluding hydrogens is 360 g/mol. The van der Waals surface area contributed by atoms with Gasteiger partial charge in [0.05, 0.1) is 15.9 Å². The molecule has 0 saturated heterocycles. The first-order valence-electron chi connectivity index (χ1n) is 10.2. The van der Waals surface area contributed by atoms with Gasteiger partial charge in [0.1, 0.15) is 5.69 Å². The summed E-state index contributed by atoms with van der Waals surface area (Å²) in [5.74, 6) is 3.39. The predicted molar refractivity (Wildman–Crippen MR) is 106 cm³/mol. The average Bonchev–Trinajstić information content (AvgIpc) is 3.29. The lowest BCUT2D eigenvalue weighted by Gasteiger charge is -2.36. The quantitative estimate of drug-likeness (QED) is 0.556. The van der Waals surface area contributed by atoms with Crippen LogP contribution in [0.3, 0.4) is 0 Å². The second-order valence-corrected chi connectivity index (χ2v) is 8.76. The molecule has 5 atom stereocenters. The van der Waals surface area contributed by atoms with Crippen LogP contribution >= 0.6 is 0 Å². The summed E-state index contributed by atoms with van der Waals surface area (Å²) in [6.07, 6.45) is 8.59. The Kier molecular flexibility index (Phi) is 5.03. The summed E-state index contributed by atoms with van der Waals surface area (Å²) in [5.41, 5.74) is 3.57. The molecule has 0 radical (unpaired) electrons. The molecule has 0 heterocycles. The van der Waals surface area contributed by atoms with Crippen molar-refractivity contribution in [1.29, 1.82) is 0 Å². The van der Waals surface area contributed by atoms with Crippen LogP contribution < -0.4 is 5.43 Å². The van der Waals surface area contributed by atoms with Crippen molar-refractivity contribution in [1.82, 2.24) is 0 Å². The number of hydrogen-bond donors (Lipinski definition) is 1. The van der Waals surface area contributed by atoms with Gasteiger partial charge in [-0.05, 0) is 68.3 Å². The molecule has 0 aliphatic heterocycles. The molecule has 3 aliphatic carbocycles. The third kappa shape index (κ3) is 3.59. The number of fused-ring (bicyclic) bond motifs is 2. The van der Waals surface area contributed by atoms with Gasteiger partial charge < -0.3 is 0 Å². The van der Waals surface area contributed by atoms with E-state index in [-0.39, 0.29) is 17.1 Å². The molecule has 8 nitrogen and oxygen atoms in total. The van der Waals surface area contributed by atoms with E-state index in [1.54, 1.807) is 0 Å². The van der Waals surface area contributed by atoms with Gasteiger partial charge in [0, 0.05) is 17.7 Å². The Bertz CT molecular complexity index is 824.